The monoisotopic (exact) mass is 579 g/mol. The van der Waals surface area contributed by atoms with Crippen molar-refractivity contribution in [2.75, 3.05) is 6.61 Å². The van der Waals surface area contributed by atoms with E-state index >= 15 is 0 Å². The summed E-state index contributed by atoms with van der Waals surface area (Å²) < 4.78 is 21.8. The fourth-order valence-electron chi connectivity index (χ4n) is 3.54. The smallest absolute Gasteiger partial charge is 0.477 e. The maximum absolute atomic E-state index is 12.7. The average Bonchev–Trinajstić information content (AvgIpc) is 2.76. The molecule has 0 saturated carbocycles. The van der Waals surface area contributed by atoms with E-state index in [0.717, 1.165) is 0 Å². The number of carboxylic acid groups (broad SMARTS) is 1. The summed E-state index contributed by atoms with van der Waals surface area (Å²) in [6, 6.07) is 4.03. The van der Waals surface area contributed by atoms with Gasteiger partial charge < -0.3 is 24.1 Å². The Morgan fingerprint density at radius 2 is 1.34 bits per heavy atom. The molecule has 0 fully saturated rings. The first-order chi connectivity index (χ1) is 18.5. The summed E-state index contributed by atoms with van der Waals surface area (Å²) in [6.45, 7) is 20.5. The Bertz CT molecular complexity index is 1080. The molecular formula is C31H49NO9. The van der Waals surface area contributed by atoms with E-state index in [0.29, 0.717) is 12.0 Å². The van der Waals surface area contributed by atoms with Gasteiger partial charge in [-0.15, -0.1) is 0 Å². The van der Waals surface area contributed by atoms with Gasteiger partial charge in [0.2, 0.25) is 0 Å². The van der Waals surface area contributed by atoms with Crippen molar-refractivity contribution in [2.45, 2.75) is 114 Å². The number of hydrogen-bond acceptors (Lipinski definition) is 9. The van der Waals surface area contributed by atoms with Crippen LogP contribution < -0.4 is 14.8 Å². The summed E-state index contributed by atoms with van der Waals surface area (Å²) >= 11 is 0. The van der Waals surface area contributed by atoms with Crippen molar-refractivity contribution in [3.05, 3.63) is 23.8 Å². The van der Waals surface area contributed by atoms with Crippen molar-refractivity contribution in [1.82, 2.24) is 5.32 Å². The van der Waals surface area contributed by atoms with Gasteiger partial charge >= 0.3 is 24.1 Å². The van der Waals surface area contributed by atoms with E-state index in [2.05, 4.69) is 5.32 Å². The van der Waals surface area contributed by atoms with Gasteiger partial charge in [0.15, 0.2) is 11.5 Å². The summed E-state index contributed by atoms with van der Waals surface area (Å²) in [5, 5.41) is 13.2. The zero-order valence-corrected chi connectivity index (χ0v) is 26.6. The molecule has 0 aliphatic carbocycles. The van der Waals surface area contributed by atoms with E-state index in [4.69, 9.17) is 18.9 Å². The molecule has 0 radical (unpaired) electrons. The zero-order chi connectivity index (χ0) is 31.8. The van der Waals surface area contributed by atoms with E-state index in [-0.39, 0.29) is 59.7 Å². The molecule has 10 nitrogen and oxygen atoms in total. The summed E-state index contributed by atoms with van der Waals surface area (Å²) in [5.74, 6) is -2.52. The second kappa shape index (κ2) is 14.2. The van der Waals surface area contributed by atoms with E-state index in [1.54, 1.807) is 6.92 Å². The van der Waals surface area contributed by atoms with Gasteiger partial charge in [-0.1, -0.05) is 75.3 Å². The largest absolute Gasteiger partial charge is 0.510 e. The molecule has 0 spiro atoms. The quantitative estimate of drug-likeness (QED) is 0.165. The molecule has 2 atom stereocenters. The Balaban J connectivity index is 3.49. The van der Waals surface area contributed by atoms with E-state index in [1.807, 2.05) is 69.2 Å². The van der Waals surface area contributed by atoms with Gasteiger partial charge in [0.05, 0.1) is 19.4 Å². The van der Waals surface area contributed by atoms with Gasteiger partial charge in [0.25, 0.3) is 5.72 Å². The number of benzene rings is 1. The van der Waals surface area contributed by atoms with Crippen LogP contribution in [0.5, 0.6) is 11.5 Å². The third-order valence-corrected chi connectivity index (χ3v) is 5.58. The molecular weight excluding hydrogens is 530 g/mol. The highest BCUT2D eigenvalue weighted by atomic mass is 16.7. The number of carboxylic acids is 1. The number of ether oxygens (including phenoxy) is 4. The van der Waals surface area contributed by atoms with E-state index < -0.39 is 29.8 Å². The van der Waals surface area contributed by atoms with Gasteiger partial charge in [-0.3, -0.25) is 14.9 Å². The number of carbonyl (C=O) groups is 4. The molecule has 0 amide bonds. The molecule has 1 unspecified atom stereocenters. The Hall–Kier alpha value is -3.14. The molecule has 41 heavy (non-hydrogen) atoms. The average molecular weight is 580 g/mol. The van der Waals surface area contributed by atoms with Crippen LogP contribution in [0, 0.1) is 16.2 Å². The number of carbonyl (C=O) groups excluding carboxylic acids is 3. The molecule has 1 aromatic rings. The molecule has 232 valence electrons. The highest BCUT2D eigenvalue weighted by Gasteiger charge is 2.45. The zero-order valence-electron chi connectivity index (χ0n) is 26.6. The lowest BCUT2D eigenvalue weighted by Crippen LogP contribution is -2.59. The molecule has 2 N–H and O–H groups in total. The predicted molar refractivity (Wildman–Crippen MR) is 155 cm³/mol. The number of hydrogen-bond donors (Lipinski definition) is 2. The van der Waals surface area contributed by atoms with Crippen LogP contribution in [0.25, 0.3) is 0 Å². The lowest BCUT2D eigenvalue weighted by atomic mass is 9.92. The van der Waals surface area contributed by atoms with Crippen molar-refractivity contribution in [1.29, 1.82) is 0 Å². The number of esters is 2. The van der Waals surface area contributed by atoms with Crippen LogP contribution in [0.3, 0.4) is 0 Å². The minimum absolute atomic E-state index is 0.0200. The first kappa shape index (κ1) is 35.9. The lowest BCUT2D eigenvalue weighted by Gasteiger charge is -2.33. The molecule has 0 aromatic heterocycles. The standard InChI is InChI=1S/C31H49NO9/c1-12-20(2)32-31(26(35)36,41-27(37)38-19-30(9,10)11)16-21-13-14-22(39-24(33)17-28(3,4)5)23(15-21)40-25(34)18-29(6,7)8/h13-15,20,32H,12,16-19H2,1-11H3,(H,35,36)/t20?,31-/m0/s1. The Morgan fingerprint density at radius 3 is 1.78 bits per heavy atom. The molecule has 1 rings (SSSR count). The van der Waals surface area contributed by atoms with Crippen molar-refractivity contribution in [3.8, 4) is 11.5 Å². The van der Waals surface area contributed by atoms with E-state index in [1.165, 1.54) is 18.2 Å². The van der Waals surface area contributed by atoms with Crippen LogP contribution in [0.15, 0.2) is 18.2 Å². The van der Waals surface area contributed by atoms with Crippen LogP contribution in [0.1, 0.15) is 101 Å². The third kappa shape index (κ3) is 13.9. The minimum atomic E-state index is -2.19. The van der Waals surface area contributed by atoms with Crippen LogP contribution in [0.2, 0.25) is 0 Å². The molecule has 10 heteroatoms. The van der Waals surface area contributed by atoms with Crippen molar-refractivity contribution < 1.29 is 43.2 Å². The number of rotatable bonds is 12. The second-order valence-electron chi connectivity index (χ2n) is 14.2. The minimum Gasteiger partial charge on any atom is -0.477 e. The fraction of sp³-hybridized carbons (Fsp3) is 0.677. The van der Waals surface area contributed by atoms with Crippen LogP contribution in [-0.4, -0.2) is 47.5 Å². The number of nitrogens with one attached hydrogen (secondary N) is 1. The van der Waals surface area contributed by atoms with Crippen molar-refractivity contribution >= 4 is 24.1 Å². The summed E-state index contributed by atoms with van der Waals surface area (Å²) in [4.78, 5) is 50.6. The normalized spacial score (nSPS) is 14.4. The summed E-state index contributed by atoms with van der Waals surface area (Å²) in [5.41, 5.74) is -2.90. The van der Waals surface area contributed by atoms with Crippen LogP contribution in [-0.2, 0) is 30.3 Å². The molecule has 0 aliphatic heterocycles. The second-order valence-corrected chi connectivity index (χ2v) is 14.2. The van der Waals surface area contributed by atoms with Gasteiger partial charge in [0, 0.05) is 12.5 Å². The van der Waals surface area contributed by atoms with Gasteiger partial charge in [-0.25, -0.2) is 9.59 Å². The molecule has 0 saturated heterocycles. The Labute approximate surface area is 244 Å². The van der Waals surface area contributed by atoms with Crippen LogP contribution in [0.4, 0.5) is 4.79 Å². The predicted octanol–water partition coefficient (Wildman–Crippen LogP) is 6.28. The maximum Gasteiger partial charge on any atom is 0.510 e. The Kier molecular flexibility index (Phi) is 12.4. The topological polar surface area (TPSA) is 137 Å². The number of aliphatic carboxylic acids is 1. The van der Waals surface area contributed by atoms with Crippen molar-refractivity contribution in [2.24, 2.45) is 16.2 Å². The highest BCUT2D eigenvalue weighted by Crippen LogP contribution is 2.33. The van der Waals surface area contributed by atoms with E-state index in [9.17, 15) is 24.3 Å². The molecule has 0 heterocycles. The molecule has 1 aromatic carbocycles. The first-order valence-corrected chi connectivity index (χ1v) is 14.0. The van der Waals surface area contributed by atoms with Crippen LogP contribution >= 0.6 is 0 Å². The third-order valence-electron chi connectivity index (χ3n) is 5.58. The molecule has 0 bridgehead atoms. The fourth-order valence-corrected chi connectivity index (χ4v) is 3.54. The van der Waals surface area contributed by atoms with Crippen molar-refractivity contribution in [3.63, 3.8) is 0 Å². The summed E-state index contributed by atoms with van der Waals surface area (Å²) in [7, 11) is 0. The lowest BCUT2D eigenvalue weighted by molar-refractivity contribution is -0.167. The first-order valence-electron chi connectivity index (χ1n) is 14.0. The van der Waals surface area contributed by atoms with Gasteiger partial charge in [-0.2, -0.15) is 0 Å². The summed E-state index contributed by atoms with van der Waals surface area (Å²) in [6.07, 6.45) is -0.715. The van der Waals surface area contributed by atoms with Gasteiger partial charge in [-0.05, 0) is 47.3 Å². The SMILES string of the molecule is CCC(C)N[C@@](Cc1ccc(OC(=O)CC(C)(C)C)c(OC(=O)CC(C)(C)C)c1)(OC(=O)OCC(C)(C)C)C(=O)O. The Morgan fingerprint density at radius 1 is 0.829 bits per heavy atom. The van der Waals surface area contributed by atoms with Gasteiger partial charge in [0.1, 0.15) is 0 Å². The maximum atomic E-state index is 12.7. The highest BCUT2D eigenvalue weighted by molar-refractivity contribution is 5.81. The molecule has 0 aliphatic rings.